The number of fused-ring (bicyclic) bond motifs is 2. The van der Waals surface area contributed by atoms with E-state index in [1.54, 1.807) is 25.3 Å². The average Bonchev–Trinajstić information content (AvgIpc) is 3.46. The Morgan fingerprint density at radius 1 is 1.21 bits per heavy atom. The highest BCUT2D eigenvalue weighted by Gasteiger charge is 2.52. The summed E-state index contributed by atoms with van der Waals surface area (Å²) >= 11 is 0. The lowest BCUT2D eigenvalue weighted by Crippen LogP contribution is -2.55. The maximum atomic E-state index is 13.1. The largest absolute Gasteiger partial charge is 0.497 e. The molecule has 9 nitrogen and oxygen atoms in total. The lowest BCUT2D eigenvalue weighted by atomic mass is 9.87. The molecule has 2 aliphatic heterocycles. The van der Waals surface area contributed by atoms with Crippen molar-refractivity contribution in [2.75, 3.05) is 20.8 Å². The highest BCUT2D eigenvalue weighted by molar-refractivity contribution is 6.10. The highest BCUT2D eigenvalue weighted by Crippen LogP contribution is 2.39. The third-order valence-corrected chi connectivity index (χ3v) is 6.39. The first-order valence-electron chi connectivity index (χ1n) is 10.4. The zero-order valence-corrected chi connectivity index (χ0v) is 18.2. The number of esters is 1. The van der Waals surface area contributed by atoms with Gasteiger partial charge in [-0.05, 0) is 47.4 Å². The number of ether oxygens (including phenoxy) is 2. The summed E-state index contributed by atoms with van der Waals surface area (Å²) in [7, 11) is 2.90. The second-order valence-corrected chi connectivity index (χ2v) is 8.22. The summed E-state index contributed by atoms with van der Waals surface area (Å²) in [4.78, 5) is 43.6. The monoisotopic (exact) mass is 446 g/mol. The summed E-state index contributed by atoms with van der Waals surface area (Å²) in [5.74, 6) is -0.247. The molecule has 3 aliphatic rings. The van der Waals surface area contributed by atoms with Crippen LogP contribution in [-0.2, 0) is 22.5 Å². The molecule has 5 rings (SSSR count). The van der Waals surface area contributed by atoms with Gasteiger partial charge in [0.05, 0.1) is 26.5 Å². The second-order valence-electron chi connectivity index (χ2n) is 8.22. The molecule has 1 fully saturated rings. The van der Waals surface area contributed by atoms with Crippen LogP contribution < -0.4 is 15.4 Å². The number of amides is 3. The minimum atomic E-state index is -1.29. The van der Waals surface area contributed by atoms with Gasteiger partial charge in [-0.15, -0.1) is 0 Å². The molecule has 0 saturated carbocycles. The summed E-state index contributed by atoms with van der Waals surface area (Å²) in [5, 5.41) is 5.22. The first-order valence-corrected chi connectivity index (χ1v) is 10.4. The normalized spacial score (nSPS) is 20.7. The van der Waals surface area contributed by atoms with Crippen molar-refractivity contribution in [3.63, 3.8) is 0 Å². The van der Waals surface area contributed by atoms with Crippen molar-refractivity contribution in [2.45, 2.75) is 18.5 Å². The van der Waals surface area contributed by atoms with E-state index in [1.807, 2.05) is 23.1 Å². The maximum absolute atomic E-state index is 13.1. The Kier molecular flexibility index (Phi) is 4.70. The summed E-state index contributed by atoms with van der Waals surface area (Å²) < 4.78 is 10.1. The second kappa shape index (κ2) is 7.47. The quantitative estimate of drug-likeness (QED) is 0.533. The topological polar surface area (TPSA) is 110 Å². The van der Waals surface area contributed by atoms with Gasteiger partial charge in [0.15, 0.2) is 5.54 Å². The Morgan fingerprint density at radius 2 is 2.00 bits per heavy atom. The van der Waals surface area contributed by atoms with Gasteiger partial charge in [-0.3, -0.25) is 10.1 Å². The van der Waals surface area contributed by atoms with Gasteiger partial charge in [0, 0.05) is 17.8 Å². The molecule has 2 N–H and O–H groups in total. The SMILES string of the molecule is C=C1c2cc(OC)ccc2CN1C[C@@]1(C2=Cc3nc(C(=O)OC)ccc3C2)NC(=O)NC1=O. The first kappa shape index (κ1) is 20.7. The van der Waals surface area contributed by atoms with E-state index in [2.05, 4.69) is 22.2 Å². The number of rotatable bonds is 5. The van der Waals surface area contributed by atoms with Crippen molar-refractivity contribution in [2.24, 2.45) is 0 Å². The number of nitrogens with zero attached hydrogens (tertiary/aromatic N) is 2. The van der Waals surface area contributed by atoms with Crippen molar-refractivity contribution in [3.8, 4) is 5.75 Å². The van der Waals surface area contributed by atoms with Gasteiger partial charge < -0.3 is 19.7 Å². The van der Waals surface area contributed by atoms with Gasteiger partial charge in [-0.2, -0.15) is 0 Å². The summed E-state index contributed by atoms with van der Waals surface area (Å²) in [6.45, 7) is 4.97. The molecule has 168 valence electrons. The number of methoxy groups -OCH3 is 2. The van der Waals surface area contributed by atoms with Crippen LogP contribution in [0.15, 0.2) is 42.5 Å². The number of carbonyl (C=O) groups is 3. The fraction of sp³-hybridized carbons (Fsp3) is 0.250. The molecule has 1 aromatic heterocycles. The summed E-state index contributed by atoms with van der Waals surface area (Å²) in [6, 6.07) is 8.61. The van der Waals surface area contributed by atoms with Crippen LogP contribution in [0, 0.1) is 0 Å². The fourth-order valence-corrected chi connectivity index (χ4v) is 4.62. The predicted molar refractivity (Wildman–Crippen MR) is 119 cm³/mol. The number of nitrogens with one attached hydrogen (secondary N) is 2. The van der Waals surface area contributed by atoms with Gasteiger partial charge in [0.2, 0.25) is 0 Å². The van der Waals surface area contributed by atoms with Crippen LogP contribution in [0.2, 0.25) is 0 Å². The molecule has 0 radical (unpaired) electrons. The van der Waals surface area contributed by atoms with E-state index in [1.165, 1.54) is 7.11 Å². The molecule has 1 aliphatic carbocycles. The smallest absolute Gasteiger partial charge is 0.356 e. The molecular weight excluding hydrogens is 424 g/mol. The lowest BCUT2D eigenvalue weighted by Gasteiger charge is -2.33. The number of pyridine rings is 1. The Hall–Kier alpha value is -4.14. The average molecular weight is 446 g/mol. The highest BCUT2D eigenvalue weighted by atomic mass is 16.5. The molecule has 2 aromatic rings. The Bertz CT molecular complexity index is 1270. The number of benzene rings is 1. The minimum absolute atomic E-state index is 0.181. The molecule has 3 amide bonds. The molecule has 1 aromatic carbocycles. The first-order chi connectivity index (χ1) is 15.8. The van der Waals surface area contributed by atoms with E-state index in [-0.39, 0.29) is 12.2 Å². The maximum Gasteiger partial charge on any atom is 0.356 e. The van der Waals surface area contributed by atoms with E-state index in [0.717, 1.165) is 28.1 Å². The number of imide groups is 1. The van der Waals surface area contributed by atoms with Crippen LogP contribution in [0.25, 0.3) is 11.8 Å². The van der Waals surface area contributed by atoms with Crippen molar-refractivity contribution in [1.29, 1.82) is 0 Å². The Labute approximate surface area is 190 Å². The van der Waals surface area contributed by atoms with Gasteiger partial charge in [0.25, 0.3) is 5.91 Å². The van der Waals surface area contributed by atoms with E-state index in [4.69, 9.17) is 9.47 Å². The number of hydrogen-bond acceptors (Lipinski definition) is 7. The molecule has 33 heavy (non-hydrogen) atoms. The van der Waals surface area contributed by atoms with Gasteiger partial charge in [-0.25, -0.2) is 14.6 Å². The van der Waals surface area contributed by atoms with Gasteiger partial charge >= 0.3 is 12.0 Å². The van der Waals surface area contributed by atoms with E-state index < -0.39 is 23.4 Å². The predicted octanol–water partition coefficient (Wildman–Crippen LogP) is 1.88. The number of carbonyl (C=O) groups excluding carboxylic acids is 3. The van der Waals surface area contributed by atoms with Gasteiger partial charge in [0.1, 0.15) is 11.4 Å². The lowest BCUT2D eigenvalue weighted by molar-refractivity contribution is -0.123. The number of urea groups is 1. The zero-order valence-electron chi connectivity index (χ0n) is 18.2. The molecule has 0 bridgehead atoms. The van der Waals surface area contributed by atoms with E-state index in [9.17, 15) is 14.4 Å². The minimum Gasteiger partial charge on any atom is -0.497 e. The van der Waals surface area contributed by atoms with Crippen LogP contribution in [0.3, 0.4) is 0 Å². The van der Waals surface area contributed by atoms with Crippen LogP contribution in [0.4, 0.5) is 4.79 Å². The zero-order chi connectivity index (χ0) is 23.3. The molecule has 0 spiro atoms. The van der Waals surface area contributed by atoms with Gasteiger partial charge in [-0.1, -0.05) is 18.7 Å². The van der Waals surface area contributed by atoms with Crippen molar-refractivity contribution < 1.29 is 23.9 Å². The Morgan fingerprint density at radius 3 is 2.70 bits per heavy atom. The molecule has 3 heterocycles. The van der Waals surface area contributed by atoms with Crippen molar-refractivity contribution in [3.05, 3.63) is 70.6 Å². The van der Waals surface area contributed by atoms with Crippen molar-refractivity contribution >= 4 is 29.7 Å². The van der Waals surface area contributed by atoms with Crippen molar-refractivity contribution in [1.82, 2.24) is 20.5 Å². The van der Waals surface area contributed by atoms with Crippen LogP contribution >= 0.6 is 0 Å². The molecule has 9 heteroatoms. The van der Waals surface area contributed by atoms with Crippen LogP contribution in [0.1, 0.15) is 32.9 Å². The molecule has 1 atom stereocenters. The third kappa shape index (κ3) is 3.24. The molecule has 0 unspecified atom stereocenters. The van der Waals surface area contributed by atoms with E-state index in [0.29, 0.717) is 24.2 Å². The number of hydrogen-bond donors (Lipinski definition) is 2. The van der Waals surface area contributed by atoms with E-state index >= 15 is 0 Å². The Balaban J connectivity index is 1.49. The van der Waals surface area contributed by atoms with Crippen LogP contribution in [0.5, 0.6) is 5.75 Å². The third-order valence-electron chi connectivity index (χ3n) is 6.39. The summed E-state index contributed by atoms with van der Waals surface area (Å²) in [6.07, 6.45) is 2.18. The summed E-state index contributed by atoms with van der Waals surface area (Å²) in [5.41, 5.74) is 3.78. The molecule has 1 saturated heterocycles. The fourth-order valence-electron chi connectivity index (χ4n) is 4.62. The molecular formula is C24H22N4O5. The standard InChI is InChI=1S/C24H22N4O5/c1-13-18-10-17(32-2)6-4-15(18)11-28(13)12-24(22(30)26-23(31)27-24)16-8-14-5-7-19(21(29)33-3)25-20(14)9-16/h4-7,9-10H,1,8,11-12H2,2-3H3,(H2,26,27,30,31)/t24-/m0/s1. The number of aromatic nitrogens is 1. The van der Waals surface area contributed by atoms with Crippen LogP contribution in [-0.4, -0.2) is 54.1 Å².